The molecule has 1 amide bonds. The second kappa shape index (κ2) is 7.00. The van der Waals surface area contributed by atoms with Crippen molar-refractivity contribution in [3.05, 3.63) is 61.8 Å². The topological polar surface area (TPSA) is 34.4 Å². The molecule has 0 saturated carbocycles. The number of aromatic nitrogens is 1. The summed E-state index contributed by atoms with van der Waals surface area (Å²) < 4.78 is 2.68. The van der Waals surface area contributed by atoms with E-state index in [4.69, 9.17) is 41.2 Å². The normalized spacial score (nSPS) is 11.7. The van der Waals surface area contributed by atoms with Gasteiger partial charge >= 0.3 is 0 Å². The number of nitrogens with zero attached hydrogens (tertiary/aromatic N) is 2. The molecule has 120 valence electrons. The highest BCUT2D eigenvalue weighted by Crippen LogP contribution is 2.23. The number of rotatable bonds is 2. The number of fused-ring (bicyclic) bond motifs is 1. The lowest BCUT2D eigenvalue weighted by Crippen LogP contribution is -2.16. The quantitative estimate of drug-likeness (QED) is 0.560. The highest BCUT2D eigenvalue weighted by Gasteiger charge is 2.12. The second-order valence-corrected chi connectivity index (χ2v) is 7.12. The number of carbonyl (C=O) groups excluding carboxylic acids is 1. The Labute approximate surface area is 157 Å². The Kier molecular flexibility index (Phi) is 4.98. The maximum absolute atomic E-state index is 12.5. The van der Waals surface area contributed by atoms with Crippen LogP contribution in [0.5, 0.6) is 0 Å². The van der Waals surface area contributed by atoms with Crippen LogP contribution in [-0.4, -0.2) is 10.5 Å². The van der Waals surface area contributed by atoms with Crippen molar-refractivity contribution in [3.8, 4) is 12.3 Å². The number of hydrogen-bond acceptors (Lipinski definition) is 2. The first-order valence-corrected chi connectivity index (χ1v) is 8.71. The Hall–Kier alpha value is -1.77. The molecular weight excluding hydrogens is 387 g/mol. The summed E-state index contributed by atoms with van der Waals surface area (Å²) in [5, 5.41) is 1.31. The van der Waals surface area contributed by atoms with Crippen molar-refractivity contribution in [2.75, 3.05) is 0 Å². The van der Waals surface area contributed by atoms with Crippen LogP contribution >= 0.6 is 46.1 Å². The van der Waals surface area contributed by atoms with E-state index in [9.17, 15) is 4.79 Å². The molecule has 0 radical (unpaired) electrons. The van der Waals surface area contributed by atoms with E-state index in [2.05, 4.69) is 10.9 Å². The van der Waals surface area contributed by atoms with Crippen molar-refractivity contribution in [2.24, 2.45) is 4.99 Å². The van der Waals surface area contributed by atoms with E-state index in [1.54, 1.807) is 22.8 Å². The molecule has 3 nitrogen and oxygen atoms in total. The van der Waals surface area contributed by atoms with Crippen LogP contribution in [0.25, 0.3) is 10.2 Å². The molecule has 0 bridgehead atoms. The van der Waals surface area contributed by atoms with Gasteiger partial charge in [0.15, 0.2) is 4.80 Å². The predicted octanol–water partition coefficient (Wildman–Crippen LogP) is 5.04. The van der Waals surface area contributed by atoms with Gasteiger partial charge in [0.05, 0.1) is 27.3 Å². The summed E-state index contributed by atoms with van der Waals surface area (Å²) in [5.74, 6) is 2.11. The standard InChI is InChI=1S/C17H9Cl3N2OS/c1-2-7-22-14-6-4-11(19)9-15(14)24-17(22)21-16(23)12-5-3-10(18)8-13(12)20/h1,3-6,8-9H,7H2. The van der Waals surface area contributed by atoms with Crippen molar-refractivity contribution in [3.63, 3.8) is 0 Å². The Morgan fingerprint density at radius 1 is 1.17 bits per heavy atom. The van der Waals surface area contributed by atoms with E-state index in [-0.39, 0.29) is 10.6 Å². The molecule has 0 saturated heterocycles. The van der Waals surface area contributed by atoms with Crippen molar-refractivity contribution in [1.29, 1.82) is 0 Å². The zero-order valence-corrected chi connectivity index (χ0v) is 15.2. The largest absolute Gasteiger partial charge is 0.305 e. The van der Waals surface area contributed by atoms with Crippen LogP contribution in [0, 0.1) is 12.3 Å². The molecule has 7 heteroatoms. The summed E-state index contributed by atoms with van der Waals surface area (Å²) in [6.07, 6.45) is 5.44. The van der Waals surface area contributed by atoms with Gasteiger partial charge < -0.3 is 4.57 Å². The van der Waals surface area contributed by atoms with Gasteiger partial charge in [-0.15, -0.1) is 6.42 Å². The van der Waals surface area contributed by atoms with Gasteiger partial charge in [-0.3, -0.25) is 4.79 Å². The minimum absolute atomic E-state index is 0.254. The van der Waals surface area contributed by atoms with Crippen molar-refractivity contribution in [1.82, 2.24) is 4.57 Å². The lowest BCUT2D eigenvalue weighted by molar-refractivity contribution is 0.0998. The van der Waals surface area contributed by atoms with Crippen LogP contribution in [0.2, 0.25) is 15.1 Å². The summed E-state index contributed by atoms with van der Waals surface area (Å²) in [6.45, 7) is 0.294. The third kappa shape index (κ3) is 3.35. The number of hydrogen-bond donors (Lipinski definition) is 0. The Bertz CT molecular complexity index is 1060. The van der Waals surface area contributed by atoms with Gasteiger partial charge in [0.1, 0.15) is 0 Å². The first kappa shape index (κ1) is 17.1. The average molecular weight is 396 g/mol. The van der Waals surface area contributed by atoms with Gasteiger partial charge in [0, 0.05) is 10.0 Å². The predicted molar refractivity (Wildman–Crippen MR) is 100 cm³/mol. The maximum atomic E-state index is 12.5. The van der Waals surface area contributed by atoms with Crippen molar-refractivity contribution < 1.29 is 4.79 Å². The average Bonchev–Trinajstić information content (AvgIpc) is 2.84. The van der Waals surface area contributed by atoms with E-state index in [0.717, 1.165) is 10.2 Å². The first-order chi connectivity index (χ1) is 11.5. The third-order valence-corrected chi connectivity index (χ3v) is 5.08. The molecule has 0 aliphatic rings. The van der Waals surface area contributed by atoms with E-state index in [1.165, 1.54) is 17.4 Å². The molecular formula is C17H9Cl3N2OS. The summed E-state index contributed by atoms with van der Waals surface area (Å²) in [6, 6.07) is 10.1. The molecule has 0 fully saturated rings. The first-order valence-electron chi connectivity index (χ1n) is 6.76. The van der Waals surface area contributed by atoms with Crippen LogP contribution in [0.3, 0.4) is 0 Å². The molecule has 0 atom stereocenters. The number of halogens is 3. The fourth-order valence-corrected chi connectivity index (χ4v) is 3.98. The van der Waals surface area contributed by atoms with Crippen LogP contribution in [0.1, 0.15) is 10.4 Å². The van der Waals surface area contributed by atoms with Gasteiger partial charge in [-0.1, -0.05) is 52.1 Å². The lowest BCUT2D eigenvalue weighted by atomic mass is 10.2. The zero-order valence-electron chi connectivity index (χ0n) is 12.1. The molecule has 0 unspecified atom stereocenters. The minimum Gasteiger partial charge on any atom is -0.305 e. The van der Waals surface area contributed by atoms with Gasteiger partial charge in [0.2, 0.25) is 0 Å². The smallest absolute Gasteiger partial charge is 0.281 e. The molecule has 2 aromatic carbocycles. The van der Waals surface area contributed by atoms with E-state index in [0.29, 0.717) is 21.4 Å². The zero-order chi connectivity index (χ0) is 17.3. The number of terminal acetylenes is 1. The molecule has 1 heterocycles. The molecule has 24 heavy (non-hydrogen) atoms. The fraction of sp³-hybridized carbons (Fsp3) is 0.0588. The van der Waals surface area contributed by atoms with Crippen LogP contribution in [-0.2, 0) is 6.54 Å². The van der Waals surface area contributed by atoms with Crippen molar-refractivity contribution >= 4 is 62.3 Å². The highest BCUT2D eigenvalue weighted by atomic mass is 35.5. The minimum atomic E-state index is -0.458. The SMILES string of the molecule is C#CCn1c(=NC(=O)c2ccc(Cl)cc2Cl)sc2cc(Cl)ccc21. The van der Waals surface area contributed by atoms with E-state index >= 15 is 0 Å². The Morgan fingerprint density at radius 2 is 1.88 bits per heavy atom. The third-order valence-electron chi connectivity index (χ3n) is 3.25. The number of benzene rings is 2. The fourth-order valence-electron chi connectivity index (χ4n) is 2.19. The number of amides is 1. The number of carbonyl (C=O) groups is 1. The maximum Gasteiger partial charge on any atom is 0.281 e. The summed E-state index contributed by atoms with van der Waals surface area (Å²) in [4.78, 5) is 17.1. The monoisotopic (exact) mass is 394 g/mol. The van der Waals surface area contributed by atoms with Crippen LogP contribution < -0.4 is 4.80 Å². The molecule has 3 rings (SSSR count). The van der Waals surface area contributed by atoms with E-state index < -0.39 is 5.91 Å². The molecule has 0 aliphatic heterocycles. The summed E-state index contributed by atoms with van der Waals surface area (Å²) in [7, 11) is 0. The van der Waals surface area contributed by atoms with Gasteiger partial charge in [0.25, 0.3) is 5.91 Å². The van der Waals surface area contributed by atoms with Crippen LogP contribution in [0.4, 0.5) is 0 Å². The Morgan fingerprint density at radius 3 is 2.58 bits per heavy atom. The lowest BCUT2D eigenvalue weighted by Gasteiger charge is -2.01. The summed E-state index contributed by atoms with van der Waals surface area (Å²) >= 11 is 19.3. The second-order valence-electron chi connectivity index (χ2n) is 4.83. The Balaban J connectivity index is 2.17. The molecule has 0 spiro atoms. The van der Waals surface area contributed by atoms with Gasteiger partial charge in [-0.2, -0.15) is 4.99 Å². The van der Waals surface area contributed by atoms with E-state index in [1.807, 2.05) is 12.1 Å². The van der Waals surface area contributed by atoms with Gasteiger partial charge in [-0.25, -0.2) is 0 Å². The molecule has 0 aliphatic carbocycles. The van der Waals surface area contributed by atoms with Crippen LogP contribution in [0.15, 0.2) is 41.4 Å². The number of thiazole rings is 1. The molecule has 1 aromatic heterocycles. The van der Waals surface area contributed by atoms with Gasteiger partial charge in [-0.05, 0) is 36.4 Å². The highest BCUT2D eigenvalue weighted by molar-refractivity contribution is 7.16. The van der Waals surface area contributed by atoms with Crippen molar-refractivity contribution in [2.45, 2.75) is 6.54 Å². The summed E-state index contributed by atoms with van der Waals surface area (Å²) in [5.41, 5.74) is 1.15. The molecule has 3 aromatic rings. The molecule has 0 N–H and O–H groups in total.